The standard InChI is InChI=1S/C18H21NO2S/c1-12(2)17(16-8-5-9-22-16)19-11-14-10-13-6-4-7-15(20-3)18(13)21-14/h4-10,12,17,19H,11H2,1-3H3. The van der Waals surface area contributed by atoms with Crippen molar-refractivity contribution in [3.05, 3.63) is 52.4 Å². The van der Waals surface area contributed by atoms with Gasteiger partial charge in [-0.3, -0.25) is 0 Å². The van der Waals surface area contributed by atoms with Gasteiger partial charge in [0.05, 0.1) is 13.7 Å². The first kappa shape index (κ1) is 15.1. The zero-order valence-electron chi connectivity index (χ0n) is 13.1. The molecule has 0 aliphatic carbocycles. The van der Waals surface area contributed by atoms with Crippen LogP contribution in [0.3, 0.4) is 0 Å². The number of ether oxygens (including phenoxy) is 1. The van der Waals surface area contributed by atoms with E-state index in [1.54, 1.807) is 18.4 Å². The Hall–Kier alpha value is -1.78. The fourth-order valence-electron chi connectivity index (χ4n) is 2.68. The quantitative estimate of drug-likeness (QED) is 0.696. The second-order valence-electron chi connectivity index (χ2n) is 5.71. The number of furan rings is 1. The number of methoxy groups -OCH3 is 1. The van der Waals surface area contributed by atoms with Crippen molar-refractivity contribution in [1.82, 2.24) is 5.32 Å². The van der Waals surface area contributed by atoms with Gasteiger partial charge in [-0.15, -0.1) is 11.3 Å². The maximum absolute atomic E-state index is 5.95. The number of benzene rings is 1. The molecule has 3 nitrogen and oxygen atoms in total. The highest BCUT2D eigenvalue weighted by Crippen LogP contribution is 2.30. The van der Waals surface area contributed by atoms with Crippen LogP contribution in [-0.4, -0.2) is 7.11 Å². The van der Waals surface area contributed by atoms with E-state index in [0.717, 1.165) is 22.5 Å². The predicted molar refractivity (Wildman–Crippen MR) is 91.5 cm³/mol. The summed E-state index contributed by atoms with van der Waals surface area (Å²) >= 11 is 1.79. The maximum Gasteiger partial charge on any atom is 0.176 e. The van der Waals surface area contributed by atoms with Gasteiger partial charge in [-0.05, 0) is 29.5 Å². The average molecular weight is 315 g/mol. The molecule has 1 unspecified atom stereocenters. The van der Waals surface area contributed by atoms with Crippen molar-refractivity contribution in [2.24, 2.45) is 5.92 Å². The van der Waals surface area contributed by atoms with Crippen molar-refractivity contribution in [3.63, 3.8) is 0 Å². The number of thiophene rings is 1. The van der Waals surface area contributed by atoms with Crippen LogP contribution in [0.5, 0.6) is 5.75 Å². The van der Waals surface area contributed by atoms with E-state index in [0.29, 0.717) is 18.5 Å². The van der Waals surface area contributed by atoms with Crippen LogP contribution in [0.25, 0.3) is 11.0 Å². The van der Waals surface area contributed by atoms with E-state index in [9.17, 15) is 0 Å². The molecular weight excluding hydrogens is 294 g/mol. The first-order valence-corrected chi connectivity index (χ1v) is 8.39. The first-order chi connectivity index (χ1) is 10.7. The molecule has 22 heavy (non-hydrogen) atoms. The molecule has 0 amide bonds. The lowest BCUT2D eigenvalue weighted by Crippen LogP contribution is -2.24. The highest BCUT2D eigenvalue weighted by atomic mass is 32.1. The van der Waals surface area contributed by atoms with Gasteiger partial charge in [0.1, 0.15) is 5.76 Å². The normalized spacial score (nSPS) is 12.9. The minimum atomic E-state index is 0.343. The Morgan fingerprint density at radius 1 is 1.23 bits per heavy atom. The molecular formula is C18H21NO2S. The van der Waals surface area contributed by atoms with Gasteiger partial charge >= 0.3 is 0 Å². The number of rotatable bonds is 6. The Labute approximate surface area is 134 Å². The second-order valence-corrected chi connectivity index (χ2v) is 6.69. The van der Waals surface area contributed by atoms with E-state index < -0.39 is 0 Å². The van der Waals surface area contributed by atoms with Crippen LogP contribution in [0.15, 0.2) is 46.2 Å². The Bertz CT molecular complexity index is 731. The van der Waals surface area contributed by atoms with E-state index in [2.05, 4.69) is 42.7 Å². The van der Waals surface area contributed by atoms with Gasteiger partial charge < -0.3 is 14.5 Å². The SMILES string of the molecule is COc1cccc2cc(CNC(c3cccs3)C(C)C)oc12. The third-order valence-corrected chi connectivity index (χ3v) is 4.75. The number of para-hydroxylation sites is 1. The van der Waals surface area contributed by atoms with E-state index in [1.807, 2.05) is 18.2 Å². The monoisotopic (exact) mass is 315 g/mol. The molecule has 1 aromatic carbocycles. The molecule has 0 saturated heterocycles. The third-order valence-electron chi connectivity index (χ3n) is 3.79. The molecule has 0 aliphatic heterocycles. The average Bonchev–Trinajstić information content (AvgIpc) is 3.15. The Balaban J connectivity index is 1.78. The minimum Gasteiger partial charge on any atom is -0.493 e. The van der Waals surface area contributed by atoms with Gasteiger partial charge in [-0.25, -0.2) is 0 Å². The number of hydrogen-bond acceptors (Lipinski definition) is 4. The lowest BCUT2D eigenvalue weighted by molar-refractivity contribution is 0.385. The number of fused-ring (bicyclic) bond motifs is 1. The predicted octanol–water partition coefficient (Wildman–Crippen LogP) is 4.99. The van der Waals surface area contributed by atoms with Gasteiger partial charge in [-0.1, -0.05) is 32.0 Å². The van der Waals surface area contributed by atoms with Crippen molar-refractivity contribution in [3.8, 4) is 5.75 Å². The topological polar surface area (TPSA) is 34.4 Å². The zero-order valence-corrected chi connectivity index (χ0v) is 13.9. The maximum atomic E-state index is 5.95. The fraction of sp³-hybridized carbons (Fsp3) is 0.333. The second kappa shape index (κ2) is 6.55. The molecule has 0 fully saturated rings. The molecule has 0 aliphatic rings. The fourth-order valence-corrected chi connectivity index (χ4v) is 3.65. The van der Waals surface area contributed by atoms with Gasteiger partial charge in [0.25, 0.3) is 0 Å². The van der Waals surface area contributed by atoms with Gasteiger partial charge in [-0.2, -0.15) is 0 Å². The Morgan fingerprint density at radius 3 is 2.77 bits per heavy atom. The van der Waals surface area contributed by atoms with Crippen molar-refractivity contribution in [2.75, 3.05) is 7.11 Å². The highest BCUT2D eigenvalue weighted by molar-refractivity contribution is 7.10. The van der Waals surface area contributed by atoms with Crippen LogP contribution in [-0.2, 0) is 6.54 Å². The van der Waals surface area contributed by atoms with E-state index in [1.165, 1.54) is 4.88 Å². The van der Waals surface area contributed by atoms with Crippen molar-refractivity contribution in [1.29, 1.82) is 0 Å². The molecule has 0 saturated carbocycles. The Kier molecular flexibility index (Phi) is 4.50. The van der Waals surface area contributed by atoms with Crippen LogP contribution >= 0.6 is 11.3 Å². The molecule has 2 aromatic heterocycles. The zero-order chi connectivity index (χ0) is 15.5. The lowest BCUT2D eigenvalue weighted by atomic mass is 10.0. The van der Waals surface area contributed by atoms with Crippen LogP contribution in [0.1, 0.15) is 30.5 Å². The summed E-state index contributed by atoms with van der Waals surface area (Å²) in [4.78, 5) is 1.36. The number of nitrogens with one attached hydrogen (secondary N) is 1. The van der Waals surface area contributed by atoms with Gasteiger partial charge in [0, 0.05) is 16.3 Å². The molecule has 0 radical (unpaired) electrons. The summed E-state index contributed by atoms with van der Waals surface area (Å²) in [6.07, 6.45) is 0. The summed E-state index contributed by atoms with van der Waals surface area (Å²) in [7, 11) is 1.67. The summed E-state index contributed by atoms with van der Waals surface area (Å²) < 4.78 is 11.3. The van der Waals surface area contributed by atoms with Crippen molar-refractivity contribution < 1.29 is 9.15 Å². The lowest BCUT2D eigenvalue weighted by Gasteiger charge is -2.20. The summed E-state index contributed by atoms with van der Waals surface area (Å²) in [6, 6.07) is 12.7. The molecule has 0 spiro atoms. The molecule has 2 heterocycles. The summed E-state index contributed by atoms with van der Waals surface area (Å²) in [5.41, 5.74) is 0.819. The summed E-state index contributed by atoms with van der Waals surface area (Å²) in [6.45, 7) is 5.18. The van der Waals surface area contributed by atoms with Gasteiger partial charge in [0.2, 0.25) is 0 Å². The highest BCUT2D eigenvalue weighted by Gasteiger charge is 2.17. The largest absolute Gasteiger partial charge is 0.493 e. The first-order valence-electron chi connectivity index (χ1n) is 7.51. The van der Waals surface area contributed by atoms with Gasteiger partial charge in [0.15, 0.2) is 11.3 Å². The van der Waals surface area contributed by atoms with Crippen LogP contribution in [0.4, 0.5) is 0 Å². The smallest absolute Gasteiger partial charge is 0.176 e. The molecule has 116 valence electrons. The van der Waals surface area contributed by atoms with Crippen molar-refractivity contribution in [2.45, 2.75) is 26.4 Å². The number of hydrogen-bond donors (Lipinski definition) is 1. The van der Waals surface area contributed by atoms with E-state index in [4.69, 9.17) is 9.15 Å². The third kappa shape index (κ3) is 3.03. The molecule has 1 N–H and O–H groups in total. The van der Waals surface area contributed by atoms with Crippen LogP contribution in [0, 0.1) is 5.92 Å². The molecule has 4 heteroatoms. The molecule has 0 bridgehead atoms. The summed E-state index contributed by atoms with van der Waals surface area (Å²) in [5.74, 6) is 2.24. The minimum absolute atomic E-state index is 0.343. The van der Waals surface area contributed by atoms with Crippen LogP contribution < -0.4 is 10.1 Å². The van der Waals surface area contributed by atoms with Crippen LogP contribution in [0.2, 0.25) is 0 Å². The van der Waals surface area contributed by atoms with E-state index >= 15 is 0 Å². The molecule has 3 rings (SSSR count). The molecule has 1 atom stereocenters. The Morgan fingerprint density at radius 2 is 2.09 bits per heavy atom. The summed E-state index contributed by atoms with van der Waals surface area (Å²) in [5, 5.41) is 6.81. The van der Waals surface area contributed by atoms with E-state index in [-0.39, 0.29) is 0 Å². The molecule has 3 aromatic rings. The van der Waals surface area contributed by atoms with Crippen molar-refractivity contribution >= 4 is 22.3 Å².